The minimum Gasteiger partial charge on any atom is -0.481 e. The summed E-state index contributed by atoms with van der Waals surface area (Å²) in [6.45, 7) is 2.03. The van der Waals surface area contributed by atoms with Crippen LogP contribution in [-0.4, -0.2) is 47.6 Å². The van der Waals surface area contributed by atoms with Crippen LogP contribution in [0.4, 0.5) is 0 Å². The van der Waals surface area contributed by atoms with Crippen molar-refractivity contribution in [2.75, 3.05) is 19.6 Å². The van der Waals surface area contributed by atoms with Crippen LogP contribution >= 0.6 is 0 Å². The summed E-state index contributed by atoms with van der Waals surface area (Å²) in [4.78, 5) is 24.2. The fraction of sp³-hybridized carbons (Fsp3) is 0.778. The molecule has 5 heteroatoms. The summed E-state index contributed by atoms with van der Waals surface area (Å²) >= 11 is 0. The molecule has 2 N–H and O–H groups in total. The van der Waals surface area contributed by atoms with Gasteiger partial charge in [0, 0.05) is 26.1 Å². The molecule has 2 unspecified atom stereocenters. The Morgan fingerprint density at radius 2 is 2.36 bits per heavy atom. The zero-order valence-corrected chi connectivity index (χ0v) is 7.90. The second-order valence-electron chi connectivity index (χ2n) is 3.84. The number of amides is 1. The molecule has 0 aliphatic carbocycles. The van der Waals surface area contributed by atoms with Gasteiger partial charge in [0.2, 0.25) is 5.91 Å². The van der Waals surface area contributed by atoms with Crippen molar-refractivity contribution in [1.29, 1.82) is 0 Å². The zero-order chi connectivity index (χ0) is 10.1. The van der Waals surface area contributed by atoms with Gasteiger partial charge in [0.05, 0.1) is 12.0 Å². The number of carboxylic acids is 1. The number of fused-ring (bicyclic) bond motifs is 1. The highest BCUT2D eigenvalue weighted by Gasteiger charge is 2.40. The fourth-order valence-corrected chi connectivity index (χ4v) is 2.30. The van der Waals surface area contributed by atoms with Crippen LogP contribution in [0.2, 0.25) is 0 Å². The van der Waals surface area contributed by atoms with E-state index in [0.717, 1.165) is 6.54 Å². The van der Waals surface area contributed by atoms with Crippen molar-refractivity contribution >= 4 is 11.9 Å². The molecule has 0 spiro atoms. The van der Waals surface area contributed by atoms with Gasteiger partial charge in [-0.25, -0.2) is 0 Å². The SMILES string of the molecule is O=C(O)C1CCC(=O)N2CCNCC12. The van der Waals surface area contributed by atoms with Crippen LogP contribution in [0, 0.1) is 5.92 Å². The van der Waals surface area contributed by atoms with Crippen LogP contribution in [0.1, 0.15) is 12.8 Å². The van der Waals surface area contributed by atoms with E-state index in [0.29, 0.717) is 25.9 Å². The van der Waals surface area contributed by atoms with Crippen molar-refractivity contribution in [2.45, 2.75) is 18.9 Å². The zero-order valence-electron chi connectivity index (χ0n) is 7.90. The lowest BCUT2D eigenvalue weighted by molar-refractivity contribution is -0.152. The molecular formula is C9H14N2O3. The molecule has 2 atom stereocenters. The van der Waals surface area contributed by atoms with E-state index < -0.39 is 5.97 Å². The van der Waals surface area contributed by atoms with E-state index in [1.165, 1.54) is 0 Å². The summed E-state index contributed by atoms with van der Waals surface area (Å²) in [6, 6.07) is -0.137. The maximum Gasteiger partial charge on any atom is 0.308 e. The Labute approximate surface area is 82.1 Å². The van der Waals surface area contributed by atoms with Gasteiger partial charge < -0.3 is 15.3 Å². The van der Waals surface area contributed by atoms with Crippen LogP contribution in [0.3, 0.4) is 0 Å². The van der Waals surface area contributed by atoms with Gasteiger partial charge in [0.15, 0.2) is 0 Å². The molecular weight excluding hydrogens is 184 g/mol. The Balaban J connectivity index is 2.16. The largest absolute Gasteiger partial charge is 0.481 e. The second kappa shape index (κ2) is 3.57. The van der Waals surface area contributed by atoms with Gasteiger partial charge in [-0.1, -0.05) is 0 Å². The first-order valence-corrected chi connectivity index (χ1v) is 4.93. The number of nitrogens with one attached hydrogen (secondary N) is 1. The smallest absolute Gasteiger partial charge is 0.308 e. The Morgan fingerprint density at radius 1 is 1.57 bits per heavy atom. The first-order chi connectivity index (χ1) is 6.70. The van der Waals surface area contributed by atoms with E-state index in [-0.39, 0.29) is 17.9 Å². The number of carboxylic acid groups (broad SMARTS) is 1. The van der Waals surface area contributed by atoms with Crippen molar-refractivity contribution in [3.8, 4) is 0 Å². The maximum atomic E-state index is 11.5. The molecule has 2 aliphatic rings. The van der Waals surface area contributed by atoms with Gasteiger partial charge in [-0.3, -0.25) is 9.59 Å². The molecule has 0 saturated carbocycles. The van der Waals surface area contributed by atoms with E-state index >= 15 is 0 Å². The molecule has 5 nitrogen and oxygen atoms in total. The first kappa shape index (κ1) is 9.45. The predicted molar refractivity (Wildman–Crippen MR) is 48.7 cm³/mol. The Bertz CT molecular complexity index is 265. The number of nitrogens with zero attached hydrogens (tertiary/aromatic N) is 1. The lowest BCUT2D eigenvalue weighted by Crippen LogP contribution is -2.60. The lowest BCUT2D eigenvalue weighted by atomic mass is 9.87. The van der Waals surface area contributed by atoms with Gasteiger partial charge in [-0.15, -0.1) is 0 Å². The first-order valence-electron chi connectivity index (χ1n) is 4.93. The number of hydrogen-bond donors (Lipinski definition) is 2. The number of carbonyl (C=O) groups excluding carboxylic acids is 1. The molecule has 78 valence electrons. The van der Waals surface area contributed by atoms with Crippen molar-refractivity contribution in [2.24, 2.45) is 5.92 Å². The normalized spacial score (nSPS) is 32.6. The number of piperidine rings is 1. The molecule has 0 aromatic heterocycles. The van der Waals surface area contributed by atoms with E-state index in [9.17, 15) is 9.59 Å². The minimum atomic E-state index is -0.781. The minimum absolute atomic E-state index is 0.106. The van der Waals surface area contributed by atoms with E-state index in [1.54, 1.807) is 4.90 Å². The molecule has 14 heavy (non-hydrogen) atoms. The standard InChI is InChI=1S/C9H14N2O3/c12-8-2-1-6(9(13)14)7-5-10-3-4-11(7)8/h6-7,10H,1-5H2,(H,13,14). The topological polar surface area (TPSA) is 69.6 Å². The summed E-state index contributed by atoms with van der Waals surface area (Å²) in [5.41, 5.74) is 0. The second-order valence-corrected chi connectivity index (χ2v) is 3.84. The van der Waals surface area contributed by atoms with Gasteiger partial charge in [-0.2, -0.15) is 0 Å². The highest BCUT2D eigenvalue weighted by molar-refractivity contribution is 5.81. The van der Waals surface area contributed by atoms with Crippen molar-refractivity contribution in [3.05, 3.63) is 0 Å². The third kappa shape index (κ3) is 1.48. The van der Waals surface area contributed by atoms with E-state index in [1.807, 2.05) is 0 Å². The van der Waals surface area contributed by atoms with Crippen molar-refractivity contribution in [1.82, 2.24) is 10.2 Å². The lowest BCUT2D eigenvalue weighted by Gasteiger charge is -2.42. The van der Waals surface area contributed by atoms with Gasteiger partial charge >= 0.3 is 5.97 Å². The summed E-state index contributed by atoms with van der Waals surface area (Å²) in [5, 5.41) is 12.1. The molecule has 2 rings (SSSR count). The van der Waals surface area contributed by atoms with Crippen LogP contribution < -0.4 is 5.32 Å². The van der Waals surface area contributed by atoms with Crippen LogP contribution in [-0.2, 0) is 9.59 Å². The number of aliphatic carboxylic acids is 1. The molecule has 2 saturated heterocycles. The molecule has 0 bridgehead atoms. The number of carbonyl (C=O) groups is 2. The summed E-state index contributed by atoms with van der Waals surface area (Å²) < 4.78 is 0. The van der Waals surface area contributed by atoms with E-state index in [4.69, 9.17) is 5.11 Å². The summed E-state index contributed by atoms with van der Waals surface area (Å²) in [7, 11) is 0. The third-order valence-electron chi connectivity index (χ3n) is 3.05. The average molecular weight is 198 g/mol. The van der Waals surface area contributed by atoms with Crippen molar-refractivity contribution in [3.63, 3.8) is 0 Å². The Hall–Kier alpha value is -1.10. The number of piperazine rings is 1. The molecule has 1 amide bonds. The van der Waals surface area contributed by atoms with Gasteiger partial charge in [-0.05, 0) is 6.42 Å². The summed E-state index contributed by atoms with van der Waals surface area (Å²) in [6.07, 6.45) is 0.866. The third-order valence-corrected chi connectivity index (χ3v) is 3.05. The maximum absolute atomic E-state index is 11.5. The monoisotopic (exact) mass is 198 g/mol. The molecule has 2 fully saturated rings. The number of hydrogen-bond acceptors (Lipinski definition) is 3. The van der Waals surface area contributed by atoms with Crippen LogP contribution in [0.15, 0.2) is 0 Å². The molecule has 0 aromatic rings. The van der Waals surface area contributed by atoms with Crippen LogP contribution in [0.5, 0.6) is 0 Å². The van der Waals surface area contributed by atoms with Gasteiger partial charge in [0.25, 0.3) is 0 Å². The highest BCUT2D eigenvalue weighted by atomic mass is 16.4. The molecule has 2 heterocycles. The quantitative estimate of drug-likeness (QED) is 0.583. The predicted octanol–water partition coefficient (Wildman–Crippen LogP) is -0.719. The van der Waals surface area contributed by atoms with E-state index in [2.05, 4.69) is 5.32 Å². The fourth-order valence-electron chi connectivity index (χ4n) is 2.30. The van der Waals surface area contributed by atoms with Crippen molar-refractivity contribution < 1.29 is 14.7 Å². The van der Waals surface area contributed by atoms with Gasteiger partial charge in [0.1, 0.15) is 0 Å². The Kier molecular flexibility index (Phi) is 2.41. The van der Waals surface area contributed by atoms with Crippen LogP contribution in [0.25, 0.3) is 0 Å². The highest BCUT2D eigenvalue weighted by Crippen LogP contribution is 2.25. The number of rotatable bonds is 1. The molecule has 0 radical (unpaired) electrons. The molecule has 0 aromatic carbocycles. The molecule has 2 aliphatic heterocycles. The Morgan fingerprint density at radius 3 is 3.07 bits per heavy atom. The summed E-state index contributed by atoms with van der Waals surface area (Å²) in [5.74, 6) is -1.06. The average Bonchev–Trinajstić information content (AvgIpc) is 2.18.